The number of nitro benzene ring substituents is 1. The van der Waals surface area contributed by atoms with Crippen molar-refractivity contribution in [3.63, 3.8) is 0 Å². The number of nitrogens with zero attached hydrogens (tertiary/aromatic N) is 1. The standard InChI is InChI=1S/C14H22N2O5/c1-3-15-12-9-13(16(17)18)11-14(10-12)21-8-7-20-6-4-5-19-2/h9-11,15H,3-8H2,1-2H3. The highest BCUT2D eigenvalue weighted by molar-refractivity contribution is 5.56. The first-order valence-electron chi connectivity index (χ1n) is 6.90. The predicted octanol–water partition coefficient (Wildman–Crippen LogP) is 2.46. The molecule has 7 heteroatoms. The summed E-state index contributed by atoms with van der Waals surface area (Å²) < 4.78 is 15.8. The van der Waals surface area contributed by atoms with Crippen molar-refractivity contribution in [3.8, 4) is 5.75 Å². The molecule has 0 aliphatic rings. The summed E-state index contributed by atoms with van der Waals surface area (Å²) in [5, 5.41) is 13.9. The number of nitrogens with one attached hydrogen (secondary N) is 1. The van der Waals surface area contributed by atoms with Crippen LogP contribution >= 0.6 is 0 Å². The van der Waals surface area contributed by atoms with Crippen LogP contribution in [-0.4, -0.2) is 45.0 Å². The Bertz CT molecular complexity index is 439. The first kappa shape index (κ1) is 17.2. The molecular weight excluding hydrogens is 276 g/mol. The van der Waals surface area contributed by atoms with Crippen LogP contribution in [0.25, 0.3) is 0 Å². The number of methoxy groups -OCH3 is 1. The molecule has 0 aliphatic carbocycles. The molecule has 118 valence electrons. The van der Waals surface area contributed by atoms with E-state index in [1.165, 1.54) is 12.1 Å². The summed E-state index contributed by atoms with van der Waals surface area (Å²) in [7, 11) is 1.65. The Morgan fingerprint density at radius 1 is 1.19 bits per heavy atom. The fourth-order valence-electron chi connectivity index (χ4n) is 1.70. The van der Waals surface area contributed by atoms with Gasteiger partial charge in [0.2, 0.25) is 0 Å². The van der Waals surface area contributed by atoms with Gasteiger partial charge in [0, 0.05) is 44.7 Å². The van der Waals surface area contributed by atoms with Crippen LogP contribution < -0.4 is 10.1 Å². The monoisotopic (exact) mass is 298 g/mol. The van der Waals surface area contributed by atoms with Crippen molar-refractivity contribution in [2.45, 2.75) is 13.3 Å². The van der Waals surface area contributed by atoms with Gasteiger partial charge in [-0.25, -0.2) is 0 Å². The molecule has 7 nitrogen and oxygen atoms in total. The van der Waals surface area contributed by atoms with Gasteiger partial charge < -0.3 is 19.5 Å². The van der Waals surface area contributed by atoms with E-state index in [1.807, 2.05) is 6.92 Å². The van der Waals surface area contributed by atoms with Gasteiger partial charge in [-0.1, -0.05) is 0 Å². The number of nitro groups is 1. The normalized spacial score (nSPS) is 10.4. The van der Waals surface area contributed by atoms with Gasteiger partial charge in [-0.2, -0.15) is 0 Å². The topological polar surface area (TPSA) is 82.9 Å². The molecule has 0 saturated heterocycles. The third kappa shape index (κ3) is 6.92. The second-order valence-corrected chi connectivity index (χ2v) is 4.31. The molecule has 1 rings (SSSR count). The molecule has 1 aromatic rings. The molecule has 1 aromatic carbocycles. The zero-order valence-corrected chi connectivity index (χ0v) is 12.5. The summed E-state index contributed by atoms with van der Waals surface area (Å²) in [5.41, 5.74) is 0.673. The van der Waals surface area contributed by atoms with Gasteiger partial charge in [-0.3, -0.25) is 10.1 Å². The average molecular weight is 298 g/mol. The van der Waals surface area contributed by atoms with Crippen molar-refractivity contribution in [1.82, 2.24) is 0 Å². The number of hydrogen-bond acceptors (Lipinski definition) is 6. The third-order valence-electron chi connectivity index (χ3n) is 2.62. The van der Waals surface area contributed by atoms with Gasteiger partial charge in [0.25, 0.3) is 5.69 Å². The fraction of sp³-hybridized carbons (Fsp3) is 0.571. The van der Waals surface area contributed by atoms with Crippen LogP contribution in [0.15, 0.2) is 18.2 Å². The maximum Gasteiger partial charge on any atom is 0.275 e. The molecule has 0 saturated carbocycles. The van der Waals surface area contributed by atoms with Crippen LogP contribution in [0.5, 0.6) is 5.75 Å². The highest BCUT2D eigenvalue weighted by Gasteiger charge is 2.10. The lowest BCUT2D eigenvalue weighted by Gasteiger charge is -2.09. The minimum atomic E-state index is -0.436. The van der Waals surface area contributed by atoms with Gasteiger partial charge in [-0.05, 0) is 13.3 Å². The maximum atomic E-state index is 10.9. The SMILES string of the molecule is CCNc1cc(OCCOCCCOC)cc([N+](=O)[O-])c1. The summed E-state index contributed by atoms with van der Waals surface area (Å²) in [6.07, 6.45) is 0.831. The maximum absolute atomic E-state index is 10.9. The lowest BCUT2D eigenvalue weighted by atomic mass is 10.2. The van der Waals surface area contributed by atoms with Gasteiger partial charge >= 0.3 is 0 Å². The Labute approximate surface area is 124 Å². The number of ether oxygens (including phenoxy) is 3. The first-order chi connectivity index (χ1) is 10.2. The zero-order chi connectivity index (χ0) is 15.5. The van der Waals surface area contributed by atoms with Crippen molar-refractivity contribution in [3.05, 3.63) is 28.3 Å². The molecule has 0 amide bonds. The Morgan fingerprint density at radius 3 is 2.67 bits per heavy atom. The van der Waals surface area contributed by atoms with Gasteiger partial charge in [-0.15, -0.1) is 0 Å². The van der Waals surface area contributed by atoms with Gasteiger partial charge in [0.1, 0.15) is 12.4 Å². The van der Waals surface area contributed by atoms with Crippen LogP contribution in [0.4, 0.5) is 11.4 Å². The van der Waals surface area contributed by atoms with E-state index in [4.69, 9.17) is 14.2 Å². The van der Waals surface area contributed by atoms with E-state index >= 15 is 0 Å². The Kier molecular flexibility index (Phi) is 8.15. The molecule has 0 radical (unpaired) electrons. The molecule has 0 spiro atoms. The van der Waals surface area contributed by atoms with E-state index in [0.29, 0.717) is 44.4 Å². The first-order valence-corrected chi connectivity index (χ1v) is 6.90. The molecule has 0 fully saturated rings. The molecule has 0 aliphatic heterocycles. The molecule has 0 bridgehead atoms. The number of benzene rings is 1. The van der Waals surface area contributed by atoms with Crippen molar-refractivity contribution in [2.24, 2.45) is 0 Å². The number of non-ortho nitro benzene ring substituents is 1. The highest BCUT2D eigenvalue weighted by atomic mass is 16.6. The fourth-order valence-corrected chi connectivity index (χ4v) is 1.70. The van der Waals surface area contributed by atoms with Gasteiger partial charge in [0.05, 0.1) is 17.6 Å². The minimum absolute atomic E-state index is 0.00413. The van der Waals surface area contributed by atoms with Crippen molar-refractivity contribution in [1.29, 1.82) is 0 Å². The number of anilines is 1. The Balaban J connectivity index is 2.44. The molecule has 0 heterocycles. The van der Waals surface area contributed by atoms with E-state index in [-0.39, 0.29) is 5.69 Å². The van der Waals surface area contributed by atoms with E-state index in [2.05, 4.69) is 5.32 Å². The van der Waals surface area contributed by atoms with Crippen LogP contribution in [0.1, 0.15) is 13.3 Å². The molecule has 0 unspecified atom stereocenters. The highest BCUT2D eigenvalue weighted by Crippen LogP contribution is 2.25. The van der Waals surface area contributed by atoms with Crippen LogP contribution in [0.2, 0.25) is 0 Å². The summed E-state index contributed by atoms with van der Waals surface area (Å²) in [6, 6.07) is 4.63. The number of rotatable bonds is 11. The summed E-state index contributed by atoms with van der Waals surface area (Å²) in [4.78, 5) is 10.4. The molecule has 0 atom stereocenters. The lowest BCUT2D eigenvalue weighted by Crippen LogP contribution is -2.09. The Morgan fingerprint density at radius 2 is 2.00 bits per heavy atom. The largest absolute Gasteiger partial charge is 0.491 e. The number of hydrogen-bond donors (Lipinski definition) is 1. The second kappa shape index (κ2) is 9.95. The molecule has 21 heavy (non-hydrogen) atoms. The quantitative estimate of drug-likeness (QED) is 0.384. The van der Waals surface area contributed by atoms with Gasteiger partial charge in [0.15, 0.2) is 0 Å². The lowest BCUT2D eigenvalue weighted by molar-refractivity contribution is -0.384. The van der Waals surface area contributed by atoms with Crippen LogP contribution in [0, 0.1) is 10.1 Å². The van der Waals surface area contributed by atoms with E-state index in [1.54, 1.807) is 13.2 Å². The predicted molar refractivity (Wildman–Crippen MR) is 80.1 cm³/mol. The van der Waals surface area contributed by atoms with E-state index < -0.39 is 4.92 Å². The second-order valence-electron chi connectivity index (χ2n) is 4.31. The molecule has 1 N–H and O–H groups in total. The van der Waals surface area contributed by atoms with Crippen molar-refractivity contribution >= 4 is 11.4 Å². The molecular formula is C14H22N2O5. The summed E-state index contributed by atoms with van der Waals surface area (Å²) in [6.45, 7) is 4.66. The smallest absolute Gasteiger partial charge is 0.275 e. The van der Waals surface area contributed by atoms with Crippen LogP contribution in [-0.2, 0) is 9.47 Å². The third-order valence-corrected chi connectivity index (χ3v) is 2.62. The average Bonchev–Trinajstić information content (AvgIpc) is 2.46. The van der Waals surface area contributed by atoms with Crippen molar-refractivity contribution < 1.29 is 19.1 Å². The van der Waals surface area contributed by atoms with E-state index in [9.17, 15) is 10.1 Å². The molecule has 0 aromatic heterocycles. The zero-order valence-electron chi connectivity index (χ0n) is 12.5. The summed E-state index contributed by atoms with van der Waals surface area (Å²) >= 11 is 0. The van der Waals surface area contributed by atoms with Crippen LogP contribution in [0.3, 0.4) is 0 Å². The summed E-state index contributed by atoms with van der Waals surface area (Å²) in [5.74, 6) is 0.459. The van der Waals surface area contributed by atoms with Crippen molar-refractivity contribution in [2.75, 3.05) is 45.4 Å². The minimum Gasteiger partial charge on any atom is -0.491 e. The van der Waals surface area contributed by atoms with E-state index in [0.717, 1.165) is 6.42 Å². The Hall–Kier alpha value is -1.86.